The second kappa shape index (κ2) is 8.50. The molecule has 0 aromatic heterocycles. The molecule has 1 aliphatic rings. The van der Waals surface area contributed by atoms with Gasteiger partial charge in [-0.2, -0.15) is 5.01 Å². The molecule has 0 aliphatic carbocycles. The van der Waals surface area contributed by atoms with Gasteiger partial charge in [0.2, 0.25) is 5.91 Å². The predicted molar refractivity (Wildman–Crippen MR) is 114 cm³/mol. The van der Waals surface area contributed by atoms with E-state index in [4.69, 9.17) is 11.1 Å². The Bertz CT molecular complexity index is 1090. The molecule has 1 saturated heterocycles. The molecule has 5 N–H and O–H groups in total. The number of carboxylic acid groups (broad SMARTS) is 1. The first-order valence-electron chi connectivity index (χ1n) is 9.74. The molecule has 2 aromatic carbocycles. The first-order valence-corrected chi connectivity index (χ1v) is 9.74. The van der Waals surface area contributed by atoms with Gasteiger partial charge in [-0.25, -0.2) is 9.80 Å². The number of hydrogen-bond acceptors (Lipinski definition) is 5. The Morgan fingerprint density at radius 3 is 2.25 bits per heavy atom. The van der Waals surface area contributed by atoms with Crippen molar-refractivity contribution in [3.05, 3.63) is 71.3 Å². The second-order valence-corrected chi connectivity index (χ2v) is 7.55. The summed E-state index contributed by atoms with van der Waals surface area (Å²) >= 11 is 0. The van der Waals surface area contributed by atoms with Crippen LogP contribution < -0.4 is 11.1 Å². The minimum atomic E-state index is -1.51. The number of carboxylic acids is 1. The van der Waals surface area contributed by atoms with Gasteiger partial charge >= 0.3 is 12.0 Å². The number of nitrogens with one attached hydrogen (secondary N) is 2. The highest BCUT2D eigenvalue weighted by Gasteiger charge is 2.53. The van der Waals surface area contributed by atoms with E-state index in [1.807, 2.05) is 0 Å². The summed E-state index contributed by atoms with van der Waals surface area (Å²) in [6.45, 7) is 2.65. The van der Waals surface area contributed by atoms with E-state index in [-0.39, 0.29) is 5.84 Å². The molecule has 0 unspecified atom stereocenters. The Kier molecular flexibility index (Phi) is 5.97. The molecule has 4 amide bonds. The minimum Gasteiger partial charge on any atom is -0.481 e. The topological polar surface area (TPSA) is 157 Å². The highest BCUT2D eigenvalue weighted by Crippen LogP contribution is 2.34. The summed E-state index contributed by atoms with van der Waals surface area (Å²) in [4.78, 5) is 50.5. The fourth-order valence-corrected chi connectivity index (χ4v) is 3.68. The van der Waals surface area contributed by atoms with Crippen LogP contribution in [0.2, 0.25) is 0 Å². The van der Waals surface area contributed by atoms with Crippen LogP contribution in [0.1, 0.15) is 43.0 Å². The van der Waals surface area contributed by atoms with E-state index in [1.165, 1.54) is 6.92 Å². The number of hydrogen-bond donors (Lipinski definition) is 4. The summed E-state index contributed by atoms with van der Waals surface area (Å²) in [6, 6.07) is 12.6. The monoisotopic (exact) mass is 437 g/mol. The van der Waals surface area contributed by atoms with E-state index in [2.05, 4.69) is 5.32 Å². The lowest BCUT2D eigenvalue weighted by molar-refractivity contribution is -0.162. The van der Waals surface area contributed by atoms with Crippen molar-refractivity contribution in [3.63, 3.8) is 0 Å². The van der Waals surface area contributed by atoms with Crippen molar-refractivity contribution in [1.29, 1.82) is 5.41 Å². The van der Waals surface area contributed by atoms with Gasteiger partial charge in [-0.05, 0) is 18.1 Å². The molecule has 2 atom stereocenters. The number of amidine groups is 1. The molecule has 10 nitrogen and oxygen atoms in total. The van der Waals surface area contributed by atoms with Gasteiger partial charge < -0.3 is 16.2 Å². The summed E-state index contributed by atoms with van der Waals surface area (Å²) in [7, 11) is 0. The second-order valence-electron chi connectivity index (χ2n) is 7.55. The molecule has 10 heteroatoms. The number of benzene rings is 2. The zero-order chi connectivity index (χ0) is 23.6. The third-order valence-electron chi connectivity index (χ3n) is 5.33. The van der Waals surface area contributed by atoms with Crippen molar-refractivity contribution in [2.45, 2.75) is 31.8 Å². The number of nitrogen functional groups attached to an aromatic ring is 1. The Morgan fingerprint density at radius 2 is 1.75 bits per heavy atom. The van der Waals surface area contributed by atoms with Gasteiger partial charge in [-0.15, -0.1) is 0 Å². The average Bonchev–Trinajstić information content (AvgIpc) is 2.97. The van der Waals surface area contributed by atoms with E-state index in [1.54, 1.807) is 54.6 Å². The lowest BCUT2D eigenvalue weighted by atomic mass is 9.91. The number of carbonyl (C=O) groups is 4. The quantitative estimate of drug-likeness (QED) is 0.293. The van der Waals surface area contributed by atoms with Crippen LogP contribution in [0.4, 0.5) is 4.79 Å². The zero-order valence-corrected chi connectivity index (χ0v) is 17.5. The maximum Gasteiger partial charge on any atom is 0.344 e. The molecule has 0 radical (unpaired) electrons. The van der Waals surface area contributed by atoms with Gasteiger partial charge in [0.15, 0.2) is 0 Å². The van der Waals surface area contributed by atoms with Crippen molar-refractivity contribution < 1.29 is 24.3 Å². The highest BCUT2D eigenvalue weighted by atomic mass is 16.4. The first-order chi connectivity index (χ1) is 15.1. The minimum absolute atomic E-state index is 0.146. The molecule has 1 heterocycles. The number of amides is 4. The van der Waals surface area contributed by atoms with Crippen LogP contribution in [0, 0.1) is 5.41 Å². The molecule has 0 spiro atoms. The number of imide groups is 1. The van der Waals surface area contributed by atoms with Crippen molar-refractivity contribution in [3.8, 4) is 0 Å². The largest absolute Gasteiger partial charge is 0.481 e. The summed E-state index contributed by atoms with van der Waals surface area (Å²) in [5.41, 5.74) is 5.29. The molecule has 32 heavy (non-hydrogen) atoms. The third-order valence-corrected chi connectivity index (χ3v) is 5.33. The number of carbonyl (C=O) groups excluding carboxylic acids is 3. The molecule has 0 saturated carbocycles. The SMILES string of the molecule is CC(=O)N([C@H](CC(=O)O)c1ccccc1)N1C(=O)N[C@@](C)(c2ccc(C(=N)N)cc2)C1=O. The fraction of sp³-hybridized carbons (Fsp3) is 0.227. The summed E-state index contributed by atoms with van der Waals surface area (Å²) in [5.74, 6) is -2.74. The highest BCUT2D eigenvalue weighted by molar-refractivity contribution is 6.08. The Hall–Kier alpha value is -4.21. The van der Waals surface area contributed by atoms with Gasteiger partial charge in [0.25, 0.3) is 5.91 Å². The van der Waals surface area contributed by atoms with Crippen molar-refractivity contribution in [2.75, 3.05) is 0 Å². The van der Waals surface area contributed by atoms with E-state index >= 15 is 0 Å². The van der Waals surface area contributed by atoms with Gasteiger partial charge in [-0.3, -0.25) is 19.8 Å². The normalized spacial score (nSPS) is 18.8. The van der Waals surface area contributed by atoms with Crippen molar-refractivity contribution >= 4 is 29.7 Å². The molecular weight excluding hydrogens is 414 g/mol. The number of urea groups is 1. The van der Waals surface area contributed by atoms with Gasteiger partial charge in [0, 0.05) is 12.5 Å². The van der Waals surface area contributed by atoms with E-state index in [0.29, 0.717) is 21.7 Å². The van der Waals surface area contributed by atoms with Crippen LogP contribution >= 0.6 is 0 Å². The van der Waals surface area contributed by atoms with Crippen LogP contribution in [0.25, 0.3) is 0 Å². The molecule has 3 rings (SSSR count). The molecule has 0 bridgehead atoms. The number of hydrazine groups is 1. The Labute approximate surface area is 184 Å². The molecule has 1 fully saturated rings. The fourth-order valence-electron chi connectivity index (χ4n) is 3.68. The standard InChI is InChI=1S/C22H23N5O5/c1-13(28)26(17(12-18(29)30)14-6-4-3-5-7-14)27-20(31)22(2,25-21(27)32)16-10-8-15(9-11-16)19(23)24/h3-11,17H,12H2,1-2H3,(H3,23,24)(H,25,32)(H,29,30)/t17-,22+/m1/s1. The lowest BCUT2D eigenvalue weighted by Gasteiger charge is -2.35. The maximum absolute atomic E-state index is 13.5. The molecular formula is C22H23N5O5. The van der Waals surface area contributed by atoms with Gasteiger partial charge in [0.05, 0.1) is 12.5 Å². The number of aliphatic carboxylic acids is 1. The van der Waals surface area contributed by atoms with E-state index < -0.39 is 41.8 Å². The summed E-state index contributed by atoms with van der Waals surface area (Å²) < 4.78 is 0. The van der Waals surface area contributed by atoms with Crippen molar-refractivity contribution in [2.24, 2.45) is 5.73 Å². The van der Waals surface area contributed by atoms with E-state index in [0.717, 1.165) is 11.9 Å². The lowest BCUT2D eigenvalue weighted by Crippen LogP contribution is -2.52. The smallest absolute Gasteiger partial charge is 0.344 e. The first kappa shape index (κ1) is 22.5. The number of nitrogens with two attached hydrogens (primary N) is 1. The third kappa shape index (κ3) is 4.02. The molecule has 2 aromatic rings. The van der Waals surface area contributed by atoms with Gasteiger partial charge in [0.1, 0.15) is 11.4 Å². The van der Waals surface area contributed by atoms with Crippen LogP contribution in [0.3, 0.4) is 0 Å². The Morgan fingerprint density at radius 1 is 1.16 bits per heavy atom. The average molecular weight is 437 g/mol. The van der Waals surface area contributed by atoms with Crippen LogP contribution in [-0.2, 0) is 19.9 Å². The Balaban J connectivity index is 2.04. The van der Waals surface area contributed by atoms with Crippen LogP contribution in [0.15, 0.2) is 54.6 Å². The molecule has 166 valence electrons. The zero-order valence-electron chi connectivity index (χ0n) is 17.5. The number of rotatable bonds is 7. The van der Waals surface area contributed by atoms with Crippen molar-refractivity contribution in [1.82, 2.24) is 15.3 Å². The molecule has 1 aliphatic heterocycles. The van der Waals surface area contributed by atoms with Crippen LogP contribution in [0.5, 0.6) is 0 Å². The maximum atomic E-state index is 13.5. The van der Waals surface area contributed by atoms with Gasteiger partial charge in [-0.1, -0.05) is 54.6 Å². The van der Waals surface area contributed by atoms with Crippen LogP contribution in [-0.4, -0.2) is 44.8 Å². The van der Waals surface area contributed by atoms with E-state index in [9.17, 15) is 24.3 Å². The summed E-state index contributed by atoms with van der Waals surface area (Å²) in [5, 5.41) is 21.1. The summed E-state index contributed by atoms with van der Waals surface area (Å²) in [6.07, 6.45) is -0.509. The predicted octanol–water partition coefficient (Wildman–Crippen LogP) is 1.72. The number of nitrogens with zero attached hydrogens (tertiary/aromatic N) is 2.